The Morgan fingerprint density at radius 1 is 1.33 bits per heavy atom. The Morgan fingerprint density at radius 3 is 2.61 bits per heavy atom. The highest BCUT2D eigenvalue weighted by molar-refractivity contribution is 9.10. The second kappa shape index (κ2) is 6.54. The van der Waals surface area contributed by atoms with Crippen molar-refractivity contribution < 1.29 is 8.42 Å². The number of hydrogen-bond acceptors (Lipinski definition) is 3. The maximum absolute atomic E-state index is 12.1. The van der Waals surface area contributed by atoms with Crippen molar-refractivity contribution in [3.8, 4) is 0 Å². The van der Waals surface area contributed by atoms with E-state index in [4.69, 9.17) is 5.73 Å². The predicted octanol–water partition coefficient (Wildman–Crippen LogP) is 2.81. The van der Waals surface area contributed by atoms with E-state index < -0.39 is 10.0 Å². The molecule has 0 radical (unpaired) electrons. The lowest BCUT2D eigenvalue weighted by molar-refractivity contribution is 0.575. The normalized spacial score (nSPS) is 11.7. The van der Waals surface area contributed by atoms with Gasteiger partial charge in [0.15, 0.2) is 0 Å². The van der Waals surface area contributed by atoms with Crippen LogP contribution in [0.25, 0.3) is 0 Å². The van der Waals surface area contributed by atoms with Gasteiger partial charge in [-0.2, -0.15) is 0 Å². The van der Waals surface area contributed by atoms with Crippen LogP contribution in [0.4, 0.5) is 5.69 Å². The average Bonchev–Trinajstić information content (AvgIpc) is 2.29. The summed E-state index contributed by atoms with van der Waals surface area (Å²) in [5.74, 6) is 0. The molecule has 3 N–H and O–H groups in total. The van der Waals surface area contributed by atoms with Crippen LogP contribution >= 0.6 is 15.9 Å². The molecule has 1 rings (SSSR count). The van der Waals surface area contributed by atoms with E-state index in [1.807, 2.05) is 0 Å². The fraction of sp³-hybridized carbons (Fsp3) is 0.500. The van der Waals surface area contributed by atoms with E-state index in [2.05, 4.69) is 27.6 Å². The number of halogens is 1. The second-order valence-electron chi connectivity index (χ2n) is 4.24. The van der Waals surface area contributed by atoms with Gasteiger partial charge in [-0.1, -0.05) is 19.8 Å². The summed E-state index contributed by atoms with van der Waals surface area (Å²) in [6.07, 6.45) is 2.93. The van der Waals surface area contributed by atoms with E-state index in [0.29, 0.717) is 22.3 Å². The van der Waals surface area contributed by atoms with Crippen LogP contribution in [-0.4, -0.2) is 15.0 Å². The summed E-state index contributed by atoms with van der Waals surface area (Å²) in [5.41, 5.74) is 6.83. The van der Waals surface area contributed by atoms with Crippen LogP contribution in [0, 0.1) is 6.92 Å². The van der Waals surface area contributed by atoms with E-state index in [9.17, 15) is 8.42 Å². The number of nitrogens with one attached hydrogen (secondary N) is 1. The van der Waals surface area contributed by atoms with E-state index in [-0.39, 0.29) is 4.90 Å². The molecular weight excluding hydrogens is 316 g/mol. The number of rotatable bonds is 6. The Kier molecular flexibility index (Phi) is 5.62. The van der Waals surface area contributed by atoms with Crippen molar-refractivity contribution in [2.24, 2.45) is 0 Å². The Bertz CT molecular complexity index is 515. The predicted molar refractivity (Wildman–Crippen MR) is 78.0 cm³/mol. The van der Waals surface area contributed by atoms with Gasteiger partial charge < -0.3 is 5.73 Å². The highest BCUT2D eigenvalue weighted by atomic mass is 79.9. The topological polar surface area (TPSA) is 72.2 Å². The van der Waals surface area contributed by atoms with Crippen LogP contribution in [0.5, 0.6) is 0 Å². The molecule has 0 aliphatic rings. The third-order valence-corrected chi connectivity index (χ3v) is 4.95. The molecule has 0 amide bonds. The molecule has 4 nitrogen and oxygen atoms in total. The number of nitrogen functional groups attached to an aromatic ring is 1. The molecule has 0 spiro atoms. The first-order chi connectivity index (χ1) is 8.38. The van der Waals surface area contributed by atoms with Gasteiger partial charge in [0.05, 0.1) is 4.90 Å². The lowest BCUT2D eigenvalue weighted by Crippen LogP contribution is -2.25. The SMILES string of the molecule is CCCCCNS(=O)(=O)c1cc(N)c(Br)cc1C. The second-order valence-corrected chi connectivity index (χ2v) is 6.83. The van der Waals surface area contributed by atoms with Gasteiger partial charge in [-0.3, -0.25) is 0 Å². The van der Waals surface area contributed by atoms with Crippen molar-refractivity contribution in [1.29, 1.82) is 0 Å². The maximum Gasteiger partial charge on any atom is 0.240 e. The first-order valence-electron chi connectivity index (χ1n) is 5.93. The van der Waals surface area contributed by atoms with Gasteiger partial charge in [-0.15, -0.1) is 0 Å². The minimum atomic E-state index is -3.46. The first-order valence-corrected chi connectivity index (χ1v) is 8.21. The molecule has 0 aliphatic carbocycles. The Labute approximate surface area is 117 Å². The quantitative estimate of drug-likeness (QED) is 0.620. The lowest BCUT2D eigenvalue weighted by atomic mass is 10.2. The summed E-state index contributed by atoms with van der Waals surface area (Å²) in [4.78, 5) is 0.250. The van der Waals surface area contributed by atoms with E-state index >= 15 is 0 Å². The van der Waals surface area contributed by atoms with Crippen LogP contribution in [0.2, 0.25) is 0 Å². The third-order valence-electron chi connectivity index (χ3n) is 2.66. The van der Waals surface area contributed by atoms with Gasteiger partial charge in [0.25, 0.3) is 0 Å². The fourth-order valence-electron chi connectivity index (χ4n) is 1.62. The summed E-state index contributed by atoms with van der Waals surface area (Å²) in [6, 6.07) is 3.21. The molecule has 0 fully saturated rings. The molecule has 6 heteroatoms. The van der Waals surface area contributed by atoms with Crippen LogP contribution in [0.3, 0.4) is 0 Å². The summed E-state index contributed by atoms with van der Waals surface area (Å²) in [5, 5.41) is 0. The Morgan fingerprint density at radius 2 is 2.00 bits per heavy atom. The maximum atomic E-state index is 12.1. The zero-order valence-corrected chi connectivity index (χ0v) is 13.1. The zero-order chi connectivity index (χ0) is 13.8. The highest BCUT2D eigenvalue weighted by Gasteiger charge is 2.17. The minimum Gasteiger partial charge on any atom is -0.398 e. The smallest absolute Gasteiger partial charge is 0.240 e. The van der Waals surface area contributed by atoms with Gasteiger partial charge >= 0.3 is 0 Å². The molecular formula is C12H19BrN2O2S. The molecule has 0 bridgehead atoms. The van der Waals surface area contributed by atoms with Crippen LogP contribution < -0.4 is 10.5 Å². The molecule has 0 unspecified atom stereocenters. The monoisotopic (exact) mass is 334 g/mol. The van der Waals surface area contributed by atoms with Crippen LogP contribution in [-0.2, 0) is 10.0 Å². The molecule has 1 aromatic carbocycles. The molecule has 18 heavy (non-hydrogen) atoms. The number of benzene rings is 1. The first kappa shape index (κ1) is 15.5. The van der Waals surface area contributed by atoms with Crippen molar-refractivity contribution in [3.05, 3.63) is 22.2 Å². The van der Waals surface area contributed by atoms with E-state index in [0.717, 1.165) is 19.3 Å². The average molecular weight is 335 g/mol. The van der Waals surface area contributed by atoms with Gasteiger partial charge in [0.1, 0.15) is 0 Å². The molecule has 0 heterocycles. The molecule has 0 saturated heterocycles. The van der Waals surface area contributed by atoms with Crippen LogP contribution in [0.15, 0.2) is 21.5 Å². The largest absolute Gasteiger partial charge is 0.398 e. The van der Waals surface area contributed by atoms with Crippen molar-refractivity contribution in [2.75, 3.05) is 12.3 Å². The number of nitrogens with two attached hydrogens (primary N) is 1. The summed E-state index contributed by atoms with van der Waals surface area (Å²) in [6.45, 7) is 4.30. The third kappa shape index (κ3) is 3.96. The Balaban J connectivity index is 2.88. The zero-order valence-electron chi connectivity index (χ0n) is 10.7. The summed E-state index contributed by atoms with van der Waals surface area (Å²) < 4.78 is 27.5. The molecule has 102 valence electrons. The number of hydrogen-bond donors (Lipinski definition) is 2. The van der Waals surface area contributed by atoms with Gasteiger partial charge in [-0.25, -0.2) is 13.1 Å². The number of anilines is 1. The van der Waals surface area contributed by atoms with Crippen LogP contribution in [0.1, 0.15) is 31.7 Å². The van der Waals surface area contributed by atoms with E-state index in [1.54, 1.807) is 13.0 Å². The van der Waals surface area contributed by atoms with Crippen molar-refractivity contribution in [1.82, 2.24) is 4.72 Å². The lowest BCUT2D eigenvalue weighted by Gasteiger charge is -2.11. The standard InChI is InChI=1S/C12H19BrN2O2S/c1-3-4-5-6-15-18(16,17)12-8-11(14)10(13)7-9(12)2/h7-8,15H,3-6,14H2,1-2H3. The minimum absolute atomic E-state index is 0.250. The Hall–Kier alpha value is -0.590. The molecule has 0 aliphatic heterocycles. The molecule has 0 saturated carbocycles. The number of aryl methyl sites for hydroxylation is 1. The fourth-order valence-corrected chi connectivity index (χ4v) is 3.41. The molecule has 0 atom stereocenters. The molecule has 1 aromatic rings. The van der Waals surface area contributed by atoms with Crippen molar-refractivity contribution in [2.45, 2.75) is 38.0 Å². The number of unbranched alkanes of at least 4 members (excludes halogenated alkanes) is 2. The molecule has 0 aromatic heterocycles. The van der Waals surface area contributed by atoms with Crippen molar-refractivity contribution >= 4 is 31.6 Å². The summed E-state index contributed by atoms with van der Waals surface area (Å²) >= 11 is 3.28. The van der Waals surface area contributed by atoms with Gasteiger partial charge in [0, 0.05) is 16.7 Å². The summed E-state index contributed by atoms with van der Waals surface area (Å²) in [7, 11) is -3.46. The number of sulfonamides is 1. The van der Waals surface area contributed by atoms with Gasteiger partial charge in [0.2, 0.25) is 10.0 Å². The van der Waals surface area contributed by atoms with Gasteiger partial charge in [-0.05, 0) is 47.0 Å². The highest BCUT2D eigenvalue weighted by Crippen LogP contribution is 2.26. The van der Waals surface area contributed by atoms with E-state index in [1.165, 1.54) is 6.07 Å². The van der Waals surface area contributed by atoms with Crippen molar-refractivity contribution in [3.63, 3.8) is 0 Å².